The van der Waals surface area contributed by atoms with E-state index in [1.54, 1.807) is 6.07 Å². The van der Waals surface area contributed by atoms with Crippen molar-refractivity contribution in [2.75, 3.05) is 0 Å². The number of halogens is 2. The molecular weight excluding hydrogens is 350 g/mol. The smallest absolute Gasteiger partial charge is 0.405 e. The third kappa shape index (κ3) is 3.07. The average Bonchev–Trinajstić information content (AvgIpc) is 2.91. The summed E-state index contributed by atoms with van der Waals surface area (Å²) in [5.74, 6) is 0.748. The summed E-state index contributed by atoms with van der Waals surface area (Å²) < 4.78 is 28.5. The van der Waals surface area contributed by atoms with Crippen LogP contribution in [0.1, 0.15) is 45.5 Å². The highest BCUT2D eigenvalue weighted by molar-refractivity contribution is 6.02. The number of amides is 3. The van der Waals surface area contributed by atoms with Crippen LogP contribution in [0, 0.1) is 0 Å². The van der Waals surface area contributed by atoms with Crippen molar-refractivity contribution < 1.29 is 28.3 Å². The largest absolute Gasteiger partial charge is 0.465 e. The number of hydrogen-bond acceptors (Lipinski definition) is 4. The van der Waals surface area contributed by atoms with Crippen LogP contribution in [0.25, 0.3) is 0 Å². The standard InChI is InChI=1S/C16H18F2N4O4/c17-16(18)5-1-2-11(12(16)20-15(25)26)22-7-9-4-3-8(13(23)21-19)6-10(9)14(22)24/h3-4,6,11-12,20H,1-2,5,7,19H2,(H,21,23)(H,25,26)/t11-,12-/m1/s1. The molecule has 1 heterocycles. The van der Waals surface area contributed by atoms with E-state index in [9.17, 15) is 23.2 Å². The normalized spacial score (nSPS) is 24.1. The van der Waals surface area contributed by atoms with Gasteiger partial charge in [-0.2, -0.15) is 0 Å². The maximum atomic E-state index is 14.3. The summed E-state index contributed by atoms with van der Waals surface area (Å²) in [6, 6.07) is 1.76. The van der Waals surface area contributed by atoms with Crippen LogP contribution in [0.5, 0.6) is 0 Å². The molecule has 2 aliphatic rings. The minimum atomic E-state index is -3.25. The second-order valence-corrected chi connectivity index (χ2v) is 6.43. The fourth-order valence-electron chi connectivity index (χ4n) is 3.64. The topological polar surface area (TPSA) is 125 Å². The molecule has 1 aromatic rings. The summed E-state index contributed by atoms with van der Waals surface area (Å²) in [4.78, 5) is 36.6. The molecule has 0 unspecified atom stereocenters. The Balaban J connectivity index is 1.90. The Morgan fingerprint density at radius 2 is 2.08 bits per heavy atom. The number of fused-ring (bicyclic) bond motifs is 1. The molecule has 8 nitrogen and oxygen atoms in total. The van der Waals surface area contributed by atoms with Gasteiger partial charge in [0.1, 0.15) is 6.04 Å². The Hall–Kier alpha value is -2.75. The fraction of sp³-hybridized carbons (Fsp3) is 0.438. The van der Waals surface area contributed by atoms with E-state index >= 15 is 0 Å². The monoisotopic (exact) mass is 368 g/mol. The lowest BCUT2D eigenvalue weighted by molar-refractivity contribution is -0.0876. The minimum Gasteiger partial charge on any atom is -0.465 e. The highest BCUT2D eigenvalue weighted by Crippen LogP contribution is 2.38. The van der Waals surface area contributed by atoms with Crippen molar-refractivity contribution in [3.63, 3.8) is 0 Å². The molecule has 10 heteroatoms. The Bertz CT molecular complexity index is 771. The molecule has 1 aliphatic heterocycles. The Morgan fingerprint density at radius 1 is 1.35 bits per heavy atom. The maximum absolute atomic E-state index is 14.3. The number of hydrogen-bond donors (Lipinski definition) is 4. The van der Waals surface area contributed by atoms with Crippen molar-refractivity contribution in [3.8, 4) is 0 Å². The van der Waals surface area contributed by atoms with Crippen LogP contribution in [-0.4, -0.2) is 45.9 Å². The molecule has 0 bridgehead atoms. The molecule has 5 N–H and O–H groups in total. The number of alkyl halides is 2. The number of carboxylic acid groups (broad SMARTS) is 1. The van der Waals surface area contributed by atoms with Gasteiger partial charge in [0.25, 0.3) is 17.7 Å². The van der Waals surface area contributed by atoms with E-state index in [-0.39, 0.29) is 30.5 Å². The van der Waals surface area contributed by atoms with Gasteiger partial charge in [-0.3, -0.25) is 15.0 Å². The van der Waals surface area contributed by atoms with Gasteiger partial charge < -0.3 is 15.3 Å². The van der Waals surface area contributed by atoms with E-state index in [2.05, 4.69) is 0 Å². The van der Waals surface area contributed by atoms with E-state index < -0.39 is 42.3 Å². The molecule has 3 rings (SSSR count). The van der Waals surface area contributed by atoms with Crippen molar-refractivity contribution in [2.24, 2.45) is 5.84 Å². The predicted molar refractivity (Wildman–Crippen MR) is 85.5 cm³/mol. The zero-order chi connectivity index (χ0) is 19.1. The van der Waals surface area contributed by atoms with Gasteiger partial charge in [0.2, 0.25) is 0 Å². The molecule has 0 saturated heterocycles. The first-order valence-electron chi connectivity index (χ1n) is 8.06. The molecule has 0 aromatic heterocycles. The molecule has 1 saturated carbocycles. The molecule has 1 aromatic carbocycles. The van der Waals surface area contributed by atoms with Crippen molar-refractivity contribution in [1.29, 1.82) is 0 Å². The number of carbonyl (C=O) groups excluding carboxylic acids is 2. The first-order valence-corrected chi connectivity index (χ1v) is 8.06. The van der Waals surface area contributed by atoms with Crippen molar-refractivity contribution in [3.05, 3.63) is 34.9 Å². The van der Waals surface area contributed by atoms with E-state index in [1.165, 1.54) is 17.0 Å². The maximum Gasteiger partial charge on any atom is 0.405 e. The molecule has 0 spiro atoms. The Kier molecular flexibility index (Phi) is 4.53. The van der Waals surface area contributed by atoms with Crippen LogP contribution in [0.4, 0.5) is 13.6 Å². The molecule has 3 amide bonds. The van der Waals surface area contributed by atoms with Crippen molar-refractivity contribution in [1.82, 2.24) is 15.6 Å². The number of nitrogens with zero attached hydrogens (tertiary/aromatic N) is 1. The highest BCUT2D eigenvalue weighted by Gasteiger charge is 2.51. The first-order chi connectivity index (χ1) is 12.2. The van der Waals surface area contributed by atoms with Crippen LogP contribution >= 0.6 is 0 Å². The van der Waals surface area contributed by atoms with Crippen LogP contribution in [0.2, 0.25) is 0 Å². The van der Waals surface area contributed by atoms with Gasteiger partial charge in [-0.15, -0.1) is 0 Å². The van der Waals surface area contributed by atoms with E-state index in [0.29, 0.717) is 5.56 Å². The van der Waals surface area contributed by atoms with Gasteiger partial charge in [-0.05, 0) is 30.5 Å². The van der Waals surface area contributed by atoms with Crippen LogP contribution in [0.15, 0.2) is 18.2 Å². The molecule has 1 fully saturated rings. The molecule has 1 aliphatic carbocycles. The average molecular weight is 368 g/mol. The minimum absolute atomic E-state index is 0.0806. The summed E-state index contributed by atoms with van der Waals surface area (Å²) in [6.45, 7) is 0.0806. The second kappa shape index (κ2) is 6.52. The van der Waals surface area contributed by atoms with Gasteiger partial charge in [-0.25, -0.2) is 19.4 Å². The van der Waals surface area contributed by atoms with E-state index in [1.807, 2.05) is 10.7 Å². The summed E-state index contributed by atoms with van der Waals surface area (Å²) in [5.41, 5.74) is 2.96. The highest BCUT2D eigenvalue weighted by atomic mass is 19.3. The van der Waals surface area contributed by atoms with Crippen molar-refractivity contribution in [2.45, 2.75) is 43.8 Å². The lowest BCUT2D eigenvalue weighted by Crippen LogP contribution is -2.61. The number of carbonyl (C=O) groups is 3. The molecule has 26 heavy (non-hydrogen) atoms. The van der Waals surface area contributed by atoms with Crippen LogP contribution < -0.4 is 16.6 Å². The summed E-state index contributed by atoms with van der Waals surface area (Å²) in [6.07, 6.45) is -1.57. The van der Waals surface area contributed by atoms with Gasteiger partial charge in [0, 0.05) is 24.1 Å². The number of hydrazine groups is 1. The van der Waals surface area contributed by atoms with Gasteiger partial charge in [0.15, 0.2) is 0 Å². The molecule has 2 atom stereocenters. The molecular formula is C16H18F2N4O4. The third-order valence-electron chi connectivity index (χ3n) is 4.86. The molecule has 140 valence electrons. The summed E-state index contributed by atoms with van der Waals surface area (Å²) in [5, 5.41) is 10.8. The quantitative estimate of drug-likeness (QED) is 0.361. The van der Waals surface area contributed by atoms with Crippen LogP contribution in [-0.2, 0) is 6.54 Å². The number of nitrogens with one attached hydrogen (secondary N) is 2. The summed E-state index contributed by atoms with van der Waals surface area (Å²) in [7, 11) is 0. The number of benzene rings is 1. The zero-order valence-electron chi connectivity index (χ0n) is 13.7. The van der Waals surface area contributed by atoms with Gasteiger partial charge in [-0.1, -0.05) is 6.07 Å². The Labute approximate surface area is 147 Å². The number of rotatable bonds is 3. The zero-order valence-corrected chi connectivity index (χ0v) is 13.7. The third-order valence-corrected chi connectivity index (χ3v) is 4.86. The Morgan fingerprint density at radius 3 is 2.73 bits per heavy atom. The van der Waals surface area contributed by atoms with Crippen LogP contribution in [0.3, 0.4) is 0 Å². The second-order valence-electron chi connectivity index (χ2n) is 6.43. The first kappa shape index (κ1) is 18.1. The van der Waals surface area contributed by atoms with Gasteiger partial charge >= 0.3 is 6.09 Å². The van der Waals surface area contributed by atoms with E-state index in [0.717, 1.165) is 0 Å². The lowest BCUT2D eigenvalue weighted by Gasteiger charge is -2.42. The predicted octanol–water partition coefficient (Wildman–Crippen LogP) is 1.07. The van der Waals surface area contributed by atoms with E-state index in [4.69, 9.17) is 10.9 Å². The number of nitrogens with two attached hydrogens (primary N) is 1. The van der Waals surface area contributed by atoms with Gasteiger partial charge in [0.05, 0.1) is 6.04 Å². The summed E-state index contributed by atoms with van der Waals surface area (Å²) >= 11 is 0. The SMILES string of the molecule is NNC(=O)c1ccc2c(c1)C(=O)N([C@@H]1CCCC(F)(F)[C@@H]1NC(=O)O)C2. The number of nitrogen functional groups attached to an aromatic ring is 1. The fourth-order valence-corrected chi connectivity index (χ4v) is 3.64. The lowest BCUT2D eigenvalue weighted by atomic mass is 9.86. The molecule has 0 radical (unpaired) electrons. The van der Waals surface area contributed by atoms with Crippen molar-refractivity contribution >= 4 is 17.9 Å².